The van der Waals surface area contributed by atoms with Crippen LogP contribution >= 0.6 is 0 Å². The van der Waals surface area contributed by atoms with Gasteiger partial charge < -0.3 is 10.5 Å². The zero-order valence-electron chi connectivity index (χ0n) is 12.7. The first kappa shape index (κ1) is 17.4. The quantitative estimate of drug-likeness (QED) is 0.783. The maximum Gasteiger partial charge on any atom is 0.190 e. The zero-order valence-corrected chi connectivity index (χ0v) is 12.7. The van der Waals surface area contributed by atoms with Crippen LogP contribution in [0.4, 0.5) is 8.78 Å². The van der Waals surface area contributed by atoms with E-state index in [0.717, 1.165) is 0 Å². The molecule has 0 spiro atoms. The van der Waals surface area contributed by atoms with Crippen LogP contribution in [0.5, 0.6) is 5.75 Å². The minimum Gasteiger partial charge on any atom is -0.488 e. The standard InChI is InChI=1S/C16H22F2N2O/c1-11(20)7-12-8-13(17)15(14(18)9-12)21-6-4-5-16(2,3)10-19/h8-9,11H,4-7,20H2,1-3H3. The van der Waals surface area contributed by atoms with Gasteiger partial charge in [0.05, 0.1) is 18.1 Å². The molecule has 0 saturated carbocycles. The lowest BCUT2D eigenvalue weighted by molar-refractivity contribution is 0.260. The number of hydrogen-bond acceptors (Lipinski definition) is 3. The van der Waals surface area contributed by atoms with E-state index in [9.17, 15) is 8.78 Å². The second-order valence-electron chi connectivity index (χ2n) is 6.02. The van der Waals surface area contributed by atoms with Crippen molar-refractivity contribution in [3.8, 4) is 11.8 Å². The Hall–Kier alpha value is -1.67. The van der Waals surface area contributed by atoms with E-state index in [-0.39, 0.29) is 18.4 Å². The van der Waals surface area contributed by atoms with Crippen molar-refractivity contribution in [1.82, 2.24) is 0 Å². The Morgan fingerprint density at radius 3 is 2.38 bits per heavy atom. The number of benzene rings is 1. The van der Waals surface area contributed by atoms with Crippen LogP contribution in [-0.2, 0) is 6.42 Å². The van der Waals surface area contributed by atoms with Gasteiger partial charge in [-0.3, -0.25) is 0 Å². The summed E-state index contributed by atoms with van der Waals surface area (Å²) in [6.45, 7) is 5.58. The molecule has 0 fully saturated rings. The Bertz CT molecular complexity index is 498. The first-order chi connectivity index (χ1) is 9.75. The number of nitrogens with two attached hydrogens (primary N) is 1. The first-order valence-electron chi connectivity index (χ1n) is 7.03. The fraction of sp³-hybridized carbons (Fsp3) is 0.562. The summed E-state index contributed by atoms with van der Waals surface area (Å²) in [6, 6.07) is 4.51. The molecule has 1 atom stereocenters. The Morgan fingerprint density at radius 2 is 1.90 bits per heavy atom. The molecule has 1 aromatic carbocycles. The normalized spacial score (nSPS) is 12.8. The minimum atomic E-state index is -0.717. The molecule has 1 aromatic rings. The molecule has 2 N–H and O–H groups in total. The van der Waals surface area contributed by atoms with Crippen LogP contribution in [0.1, 0.15) is 39.2 Å². The summed E-state index contributed by atoms with van der Waals surface area (Å²) in [5.41, 5.74) is 5.67. The van der Waals surface area contributed by atoms with Gasteiger partial charge in [-0.1, -0.05) is 0 Å². The lowest BCUT2D eigenvalue weighted by Crippen LogP contribution is -2.18. The van der Waals surface area contributed by atoms with Gasteiger partial charge >= 0.3 is 0 Å². The summed E-state index contributed by atoms with van der Waals surface area (Å²) in [4.78, 5) is 0. The molecular weight excluding hydrogens is 274 g/mol. The van der Waals surface area contributed by atoms with Crippen LogP contribution in [0.15, 0.2) is 12.1 Å². The average molecular weight is 296 g/mol. The third-order valence-corrected chi connectivity index (χ3v) is 3.11. The van der Waals surface area contributed by atoms with E-state index in [1.807, 2.05) is 13.8 Å². The molecule has 0 heterocycles. The van der Waals surface area contributed by atoms with Gasteiger partial charge in [0.1, 0.15) is 0 Å². The first-order valence-corrected chi connectivity index (χ1v) is 7.03. The van der Waals surface area contributed by atoms with Crippen molar-refractivity contribution in [2.45, 2.75) is 46.1 Å². The highest BCUT2D eigenvalue weighted by atomic mass is 19.1. The van der Waals surface area contributed by atoms with Gasteiger partial charge in [-0.05, 0) is 57.7 Å². The lowest BCUT2D eigenvalue weighted by atomic mass is 9.90. The number of halogens is 2. The summed E-state index contributed by atoms with van der Waals surface area (Å²) in [7, 11) is 0. The Balaban J connectivity index is 2.62. The second kappa shape index (κ2) is 7.37. The summed E-state index contributed by atoms with van der Waals surface area (Å²) in [5, 5.41) is 8.88. The van der Waals surface area contributed by atoms with Crippen molar-refractivity contribution in [1.29, 1.82) is 5.26 Å². The molecule has 0 aromatic heterocycles. The minimum absolute atomic E-state index is 0.163. The molecule has 0 saturated heterocycles. The number of rotatable bonds is 7. The fourth-order valence-electron chi connectivity index (χ4n) is 1.98. The highest BCUT2D eigenvalue weighted by Crippen LogP contribution is 2.25. The molecule has 0 radical (unpaired) electrons. The fourth-order valence-corrected chi connectivity index (χ4v) is 1.98. The summed E-state index contributed by atoms with van der Waals surface area (Å²) < 4.78 is 32.8. The summed E-state index contributed by atoms with van der Waals surface area (Å²) in [6.07, 6.45) is 1.57. The largest absolute Gasteiger partial charge is 0.488 e. The van der Waals surface area contributed by atoms with Crippen molar-refractivity contribution in [2.75, 3.05) is 6.61 Å². The lowest BCUT2D eigenvalue weighted by Gasteiger charge is -2.15. The Labute approximate surface area is 124 Å². The number of nitriles is 1. The second-order valence-corrected chi connectivity index (χ2v) is 6.02. The van der Waals surface area contributed by atoms with Crippen molar-refractivity contribution in [3.05, 3.63) is 29.3 Å². The molecular formula is C16H22F2N2O. The molecule has 21 heavy (non-hydrogen) atoms. The molecule has 0 bridgehead atoms. The Morgan fingerprint density at radius 1 is 1.33 bits per heavy atom. The van der Waals surface area contributed by atoms with Gasteiger partial charge in [0.15, 0.2) is 17.4 Å². The average Bonchev–Trinajstić information content (AvgIpc) is 2.36. The van der Waals surface area contributed by atoms with E-state index < -0.39 is 17.0 Å². The SMILES string of the molecule is CC(N)Cc1cc(F)c(OCCCC(C)(C)C#N)c(F)c1. The van der Waals surface area contributed by atoms with Gasteiger partial charge in [-0.2, -0.15) is 5.26 Å². The van der Waals surface area contributed by atoms with E-state index in [1.54, 1.807) is 6.92 Å². The molecule has 1 unspecified atom stereocenters. The Kier molecular flexibility index (Phi) is 6.10. The maximum absolute atomic E-state index is 13.8. The van der Waals surface area contributed by atoms with Crippen molar-refractivity contribution in [2.24, 2.45) is 11.1 Å². The number of nitrogens with zero attached hydrogens (tertiary/aromatic N) is 1. The maximum atomic E-state index is 13.8. The van der Waals surface area contributed by atoms with Gasteiger partial charge in [0.2, 0.25) is 0 Å². The monoisotopic (exact) mass is 296 g/mol. The van der Waals surface area contributed by atoms with Gasteiger partial charge in [0, 0.05) is 6.04 Å². The van der Waals surface area contributed by atoms with Crippen LogP contribution in [0.25, 0.3) is 0 Å². The molecule has 0 aliphatic rings. The molecule has 116 valence electrons. The predicted octanol–water partition coefficient (Wildman–Crippen LogP) is 3.56. The van der Waals surface area contributed by atoms with E-state index in [2.05, 4.69) is 6.07 Å². The van der Waals surface area contributed by atoms with Crippen LogP contribution in [0, 0.1) is 28.4 Å². The summed E-state index contributed by atoms with van der Waals surface area (Å²) >= 11 is 0. The van der Waals surface area contributed by atoms with Crippen LogP contribution < -0.4 is 10.5 Å². The van der Waals surface area contributed by atoms with Gasteiger partial charge in [-0.15, -0.1) is 0 Å². The van der Waals surface area contributed by atoms with Gasteiger partial charge in [-0.25, -0.2) is 8.78 Å². The van der Waals surface area contributed by atoms with Crippen LogP contribution in [-0.4, -0.2) is 12.6 Å². The topological polar surface area (TPSA) is 59.0 Å². The highest BCUT2D eigenvalue weighted by Gasteiger charge is 2.17. The van der Waals surface area contributed by atoms with E-state index in [4.69, 9.17) is 15.7 Å². The van der Waals surface area contributed by atoms with Crippen molar-refractivity contribution >= 4 is 0 Å². The molecule has 0 aliphatic carbocycles. The van der Waals surface area contributed by atoms with Gasteiger partial charge in [0.25, 0.3) is 0 Å². The highest BCUT2D eigenvalue weighted by molar-refractivity contribution is 5.31. The third-order valence-electron chi connectivity index (χ3n) is 3.11. The van der Waals surface area contributed by atoms with Crippen molar-refractivity contribution in [3.63, 3.8) is 0 Å². The van der Waals surface area contributed by atoms with Crippen molar-refractivity contribution < 1.29 is 13.5 Å². The molecule has 3 nitrogen and oxygen atoms in total. The zero-order chi connectivity index (χ0) is 16.0. The van der Waals surface area contributed by atoms with Crippen LogP contribution in [0.3, 0.4) is 0 Å². The van der Waals surface area contributed by atoms with E-state index >= 15 is 0 Å². The smallest absolute Gasteiger partial charge is 0.190 e. The summed E-state index contributed by atoms with van der Waals surface area (Å²) in [5.74, 6) is -1.80. The number of ether oxygens (including phenoxy) is 1. The third kappa shape index (κ3) is 5.68. The van der Waals surface area contributed by atoms with Crippen LogP contribution in [0.2, 0.25) is 0 Å². The van der Waals surface area contributed by atoms with E-state index in [0.29, 0.717) is 24.8 Å². The van der Waals surface area contributed by atoms with E-state index in [1.165, 1.54) is 12.1 Å². The number of hydrogen-bond donors (Lipinski definition) is 1. The molecule has 5 heteroatoms. The molecule has 0 amide bonds. The molecule has 1 rings (SSSR count). The predicted molar refractivity (Wildman–Crippen MR) is 77.8 cm³/mol. The molecule has 0 aliphatic heterocycles.